The van der Waals surface area contributed by atoms with Crippen molar-refractivity contribution in [2.45, 2.75) is 6.42 Å². The summed E-state index contributed by atoms with van der Waals surface area (Å²) >= 11 is 0. The van der Waals surface area contributed by atoms with Gasteiger partial charge in [0, 0.05) is 6.42 Å². The van der Waals surface area contributed by atoms with Crippen molar-refractivity contribution in [3.05, 3.63) is 47.5 Å². The van der Waals surface area contributed by atoms with Crippen molar-refractivity contribution in [2.24, 2.45) is 5.41 Å². The number of benzene rings is 1. The Hall–Kier alpha value is -2.63. The van der Waals surface area contributed by atoms with Gasteiger partial charge in [0.15, 0.2) is 0 Å². The molecule has 6 heteroatoms. The second kappa shape index (κ2) is 6.43. The van der Waals surface area contributed by atoms with Gasteiger partial charge >= 0.3 is 17.9 Å². The molecular weight excluding hydrogens is 288 g/mol. The SMILES string of the molecule is COC(=O)C1(C(=O)OC)C=C1CCOC(=O)c1ccccc1. The van der Waals surface area contributed by atoms with E-state index in [4.69, 9.17) is 4.74 Å². The van der Waals surface area contributed by atoms with Gasteiger partial charge in [0.1, 0.15) is 0 Å². The van der Waals surface area contributed by atoms with E-state index in [2.05, 4.69) is 9.47 Å². The second-order valence-corrected chi connectivity index (χ2v) is 4.71. The number of methoxy groups -OCH3 is 2. The van der Waals surface area contributed by atoms with E-state index in [0.717, 1.165) is 0 Å². The molecule has 0 heterocycles. The Labute approximate surface area is 127 Å². The van der Waals surface area contributed by atoms with E-state index in [0.29, 0.717) is 11.1 Å². The van der Waals surface area contributed by atoms with E-state index in [1.54, 1.807) is 30.3 Å². The molecule has 0 bridgehead atoms. The van der Waals surface area contributed by atoms with Crippen LogP contribution in [0.1, 0.15) is 16.8 Å². The molecule has 0 amide bonds. The minimum absolute atomic E-state index is 0.0648. The third-order valence-corrected chi connectivity index (χ3v) is 3.44. The molecule has 22 heavy (non-hydrogen) atoms. The molecule has 1 aromatic carbocycles. The average molecular weight is 304 g/mol. The molecule has 0 N–H and O–H groups in total. The van der Waals surface area contributed by atoms with E-state index < -0.39 is 23.3 Å². The maximum Gasteiger partial charge on any atom is 0.338 e. The van der Waals surface area contributed by atoms with E-state index >= 15 is 0 Å². The Balaban J connectivity index is 1.88. The first-order valence-corrected chi connectivity index (χ1v) is 6.67. The number of carbonyl (C=O) groups is 3. The smallest absolute Gasteiger partial charge is 0.338 e. The lowest BCUT2D eigenvalue weighted by Crippen LogP contribution is -2.31. The van der Waals surface area contributed by atoms with Crippen LogP contribution in [0.2, 0.25) is 0 Å². The number of carbonyl (C=O) groups excluding carboxylic acids is 3. The van der Waals surface area contributed by atoms with Crippen LogP contribution >= 0.6 is 0 Å². The van der Waals surface area contributed by atoms with E-state index in [1.807, 2.05) is 0 Å². The van der Waals surface area contributed by atoms with Gasteiger partial charge in [-0.15, -0.1) is 0 Å². The number of hydrogen-bond acceptors (Lipinski definition) is 6. The highest BCUT2D eigenvalue weighted by Crippen LogP contribution is 2.48. The molecule has 0 fully saturated rings. The molecule has 2 rings (SSSR count). The molecule has 116 valence electrons. The van der Waals surface area contributed by atoms with Crippen LogP contribution in [0, 0.1) is 5.41 Å². The maximum absolute atomic E-state index is 11.8. The van der Waals surface area contributed by atoms with Gasteiger partial charge in [-0.1, -0.05) is 24.3 Å². The van der Waals surface area contributed by atoms with Crippen LogP contribution in [0.5, 0.6) is 0 Å². The Morgan fingerprint density at radius 2 is 1.59 bits per heavy atom. The number of esters is 3. The van der Waals surface area contributed by atoms with Gasteiger partial charge in [0.05, 0.1) is 26.4 Å². The number of rotatable bonds is 6. The number of hydrogen-bond donors (Lipinski definition) is 0. The largest absolute Gasteiger partial charge is 0.468 e. The van der Waals surface area contributed by atoms with Gasteiger partial charge in [-0.05, 0) is 17.7 Å². The topological polar surface area (TPSA) is 78.9 Å². The Bertz CT molecular complexity index is 601. The lowest BCUT2D eigenvalue weighted by Gasteiger charge is -2.13. The molecule has 0 spiro atoms. The molecule has 0 aliphatic heterocycles. The van der Waals surface area contributed by atoms with Crippen molar-refractivity contribution in [3.8, 4) is 0 Å². The Morgan fingerprint density at radius 1 is 1.00 bits per heavy atom. The standard InChI is InChI=1S/C16H16O6/c1-20-14(18)16(15(19)21-2)10-12(16)8-9-22-13(17)11-6-4-3-5-7-11/h3-7,10H,8-9H2,1-2H3. The number of ether oxygens (including phenoxy) is 3. The predicted octanol–water partition coefficient (Wildman–Crippen LogP) is 1.51. The summed E-state index contributed by atoms with van der Waals surface area (Å²) in [6.45, 7) is 0.0648. The van der Waals surface area contributed by atoms with Crippen molar-refractivity contribution >= 4 is 17.9 Å². The Morgan fingerprint density at radius 3 is 2.14 bits per heavy atom. The molecular formula is C16H16O6. The molecule has 1 aliphatic rings. The third kappa shape index (κ3) is 2.86. The van der Waals surface area contributed by atoms with Crippen molar-refractivity contribution in [3.63, 3.8) is 0 Å². The van der Waals surface area contributed by atoms with Crippen LogP contribution in [0.25, 0.3) is 0 Å². The average Bonchev–Trinajstić information content (AvgIpc) is 3.29. The summed E-state index contributed by atoms with van der Waals surface area (Å²) in [6, 6.07) is 8.56. The zero-order valence-corrected chi connectivity index (χ0v) is 12.3. The monoisotopic (exact) mass is 304 g/mol. The van der Waals surface area contributed by atoms with Crippen LogP contribution < -0.4 is 0 Å². The zero-order valence-electron chi connectivity index (χ0n) is 12.3. The van der Waals surface area contributed by atoms with Gasteiger partial charge in [-0.3, -0.25) is 9.59 Å². The fraction of sp³-hybridized carbons (Fsp3) is 0.312. The first-order valence-electron chi connectivity index (χ1n) is 6.67. The highest BCUT2D eigenvalue weighted by atomic mass is 16.5. The summed E-state index contributed by atoms with van der Waals surface area (Å²) in [7, 11) is 2.40. The maximum atomic E-state index is 11.8. The van der Waals surface area contributed by atoms with E-state index in [9.17, 15) is 14.4 Å². The van der Waals surface area contributed by atoms with Crippen molar-refractivity contribution < 1.29 is 28.6 Å². The molecule has 0 saturated heterocycles. The first-order chi connectivity index (χ1) is 10.6. The predicted molar refractivity (Wildman–Crippen MR) is 75.9 cm³/mol. The molecule has 0 atom stereocenters. The quantitative estimate of drug-likeness (QED) is 0.343. The molecule has 0 radical (unpaired) electrons. The van der Waals surface area contributed by atoms with Gasteiger partial charge in [-0.25, -0.2) is 4.79 Å². The summed E-state index contributed by atoms with van der Waals surface area (Å²) in [4.78, 5) is 35.2. The summed E-state index contributed by atoms with van der Waals surface area (Å²) in [5.74, 6) is -1.84. The fourth-order valence-electron chi connectivity index (χ4n) is 2.19. The lowest BCUT2D eigenvalue weighted by atomic mass is 9.99. The van der Waals surface area contributed by atoms with Crippen LogP contribution in [0.4, 0.5) is 0 Å². The van der Waals surface area contributed by atoms with Gasteiger partial charge in [-0.2, -0.15) is 0 Å². The fourth-order valence-corrected chi connectivity index (χ4v) is 2.19. The van der Waals surface area contributed by atoms with E-state index in [1.165, 1.54) is 20.3 Å². The normalized spacial score (nSPS) is 14.5. The van der Waals surface area contributed by atoms with Crippen molar-refractivity contribution in [1.82, 2.24) is 0 Å². The minimum Gasteiger partial charge on any atom is -0.468 e. The summed E-state index contributed by atoms with van der Waals surface area (Å²) in [5.41, 5.74) is -0.464. The molecule has 1 aliphatic carbocycles. The highest BCUT2D eigenvalue weighted by molar-refractivity contribution is 6.10. The third-order valence-electron chi connectivity index (χ3n) is 3.44. The van der Waals surface area contributed by atoms with Crippen LogP contribution in [0.3, 0.4) is 0 Å². The van der Waals surface area contributed by atoms with Crippen molar-refractivity contribution in [1.29, 1.82) is 0 Å². The van der Waals surface area contributed by atoms with Gasteiger partial charge in [0.25, 0.3) is 0 Å². The minimum atomic E-state index is -1.44. The van der Waals surface area contributed by atoms with Crippen LogP contribution in [0.15, 0.2) is 42.0 Å². The molecule has 0 saturated carbocycles. The second-order valence-electron chi connectivity index (χ2n) is 4.71. The Kier molecular flexibility index (Phi) is 4.60. The van der Waals surface area contributed by atoms with Gasteiger partial charge in [0.2, 0.25) is 5.41 Å². The van der Waals surface area contributed by atoms with Crippen LogP contribution in [-0.4, -0.2) is 38.7 Å². The van der Waals surface area contributed by atoms with Gasteiger partial charge < -0.3 is 14.2 Å². The first kappa shape index (κ1) is 15.8. The highest BCUT2D eigenvalue weighted by Gasteiger charge is 2.59. The molecule has 6 nitrogen and oxygen atoms in total. The summed E-state index contributed by atoms with van der Waals surface area (Å²) in [5, 5.41) is 0. The molecule has 0 unspecified atom stereocenters. The molecule has 0 aromatic heterocycles. The summed E-state index contributed by atoms with van der Waals surface area (Å²) < 4.78 is 14.4. The van der Waals surface area contributed by atoms with E-state index in [-0.39, 0.29) is 13.0 Å². The lowest BCUT2D eigenvalue weighted by molar-refractivity contribution is -0.159. The zero-order chi connectivity index (χ0) is 16.2. The van der Waals surface area contributed by atoms with Crippen molar-refractivity contribution in [2.75, 3.05) is 20.8 Å². The summed E-state index contributed by atoms with van der Waals surface area (Å²) in [6.07, 6.45) is 1.74. The van der Waals surface area contributed by atoms with Crippen LogP contribution in [-0.2, 0) is 23.8 Å². The molecule has 1 aromatic rings.